The van der Waals surface area contributed by atoms with Gasteiger partial charge in [-0.3, -0.25) is 4.79 Å². The number of carbonyl (C=O) groups is 1. The van der Waals surface area contributed by atoms with E-state index in [-0.39, 0.29) is 5.78 Å². The lowest BCUT2D eigenvalue weighted by Gasteiger charge is -2.02. The van der Waals surface area contributed by atoms with E-state index >= 15 is 0 Å². The molecule has 0 aromatic heterocycles. The number of nitrogen functional groups attached to an aromatic ring is 1. The number of hydrogen-bond donors (Lipinski definition) is 1. The Bertz CT molecular complexity index is 309. The largest absolute Gasteiger partial charge is 0.398 e. The molecule has 0 aliphatic carbocycles. The molecule has 0 fully saturated rings. The zero-order chi connectivity index (χ0) is 9.14. The average molecular weight is 184 g/mol. The Morgan fingerprint density at radius 3 is 2.83 bits per heavy atom. The number of hydrogen-bond acceptors (Lipinski definition) is 2. The van der Waals surface area contributed by atoms with E-state index in [0.29, 0.717) is 22.7 Å². The maximum Gasteiger partial charge on any atom is 0.164 e. The van der Waals surface area contributed by atoms with Gasteiger partial charge in [-0.05, 0) is 12.1 Å². The molecule has 1 aromatic rings. The second-order valence-corrected chi connectivity index (χ2v) is 2.86. The molecule has 0 unspecified atom stereocenters. The molecule has 0 amide bonds. The Morgan fingerprint density at radius 1 is 1.58 bits per heavy atom. The van der Waals surface area contributed by atoms with Crippen LogP contribution in [-0.4, -0.2) is 5.78 Å². The fourth-order valence-electron chi connectivity index (χ4n) is 0.956. The van der Waals surface area contributed by atoms with Crippen molar-refractivity contribution in [2.24, 2.45) is 0 Å². The second kappa shape index (κ2) is 3.59. The highest BCUT2D eigenvalue weighted by atomic mass is 35.5. The molecule has 0 heterocycles. The van der Waals surface area contributed by atoms with Crippen molar-refractivity contribution < 1.29 is 4.79 Å². The van der Waals surface area contributed by atoms with E-state index in [1.54, 1.807) is 25.1 Å². The summed E-state index contributed by atoms with van der Waals surface area (Å²) in [4.78, 5) is 11.2. The van der Waals surface area contributed by atoms with Gasteiger partial charge in [-0.25, -0.2) is 0 Å². The zero-order valence-electron chi connectivity index (χ0n) is 6.80. The van der Waals surface area contributed by atoms with Gasteiger partial charge < -0.3 is 5.73 Å². The van der Waals surface area contributed by atoms with Crippen LogP contribution in [0.2, 0.25) is 5.02 Å². The van der Waals surface area contributed by atoms with Gasteiger partial charge in [-0.2, -0.15) is 0 Å². The molecular weight excluding hydrogens is 174 g/mol. The summed E-state index contributed by atoms with van der Waals surface area (Å²) in [6, 6.07) is 5.09. The first kappa shape index (κ1) is 9.07. The lowest BCUT2D eigenvalue weighted by atomic mass is 10.1. The van der Waals surface area contributed by atoms with Crippen molar-refractivity contribution in [2.45, 2.75) is 13.3 Å². The van der Waals surface area contributed by atoms with Crippen LogP contribution in [0.4, 0.5) is 5.69 Å². The molecule has 0 aliphatic rings. The predicted octanol–water partition coefficient (Wildman–Crippen LogP) is 2.51. The Morgan fingerprint density at radius 2 is 2.25 bits per heavy atom. The third-order valence-corrected chi connectivity index (χ3v) is 2.07. The summed E-state index contributed by atoms with van der Waals surface area (Å²) in [5.74, 6) is 0.0206. The summed E-state index contributed by atoms with van der Waals surface area (Å²) in [6.07, 6.45) is 0.448. The Hall–Kier alpha value is -1.02. The van der Waals surface area contributed by atoms with Crippen LogP contribution in [0.15, 0.2) is 18.2 Å². The van der Waals surface area contributed by atoms with E-state index in [2.05, 4.69) is 0 Å². The topological polar surface area (TPSA) is 43.1 Å². The van der Waals surface area contributed by atoms with Crippen LogP contribution in [0.25, 0.3) is 0 Å². The number of nitrogens with two attached hydrogens (primary N) is 1. The van der Waals surface area contributed by atoms with Crippen LogP contribution in [-0.2, 0) is 0 Å². The van der Waals surface area contributed by atoms with Gasteiger partial charge in [0, 0.05) is 12.0 Å². The maximum absolute atomic E-state index is 11.2. The van der Waals surface area contributed by atoms with Crippen LogP contribution in [0, 0.1) is 0 Å². The molecule has 1 aromatic carbocycles. The van der Waals surface area contributed by atoms with E-state index in [9.17, 15) is 4.79 Å². The van der Waals surface area contributed by atoms with Crippen molar-refractivity contribution >= 4 is 23.1 Å². The molecule has 0 bridgehead atoms. The standard InChI is InChI=1S/C9H10ClNO/c1-2-8(12)6-4-3-5-7(11)9(6)10/h3-5H,2,11H2,1H3. The lowest BCUT2D eigenvalue weighted by Crippen LogP contribution is -1.99. The number of ketones is 1. The molecule has 12 heavy (non-hydrogen) atoms. The van der Waals surface area contributed by atoms with Gasteiger partial charge in [0.05, 0.1) is 10.7 Å². The molecule has 0 saturated heterocycles. The van der Waals surface area contributed by atoms with Crippen LogP contribution in [0.1, 0.15) is 23.7 Å². The number of halogens is 1. The van der Waals surface area contributed by atoms with Gasteiger partial charge in [-0.1, -0.05) is 24.6 Å². The lowest BCUT2D eigenvalue weighted by molar-refractivity contribution is 0.0988. The fourth-order valence-corrected chi connectivity index (χ4v) is 1.19. The first-order valence-corrected chi connectivity index (χ1v) is 4.11. The van der Waals surface area contributed by atoms with E-state index in [1.807, 2.05) is 0 Å². The van der Waals surface area contributed by atoms with E-state index in [4.69, 9.17) is 17.3 Å². The van der Waals surface area contributed by atoms with Crippen LogP contribution >= 0.6 is 11.6 Å². The molecule has 0 saturated carbocycles. The van der Waals surface area contributed by atoms with Crippen LogP contribution in [0.3, 0.4) is 0 Å². The normalized spacial score (nSPS) is 9.83. The van der Waals surface area contributed by atoms with Crippen molar-refractivity contribution in [2.75, 3.05) is 5.73 Å². The minimum atomic E-state index is 0.0206. The summed E-state index contributed by atoms with van der Waals surface area (Å²) < 4.78 is 0. The van der Waals surface area contributed by atoms with E-state index in [0.717, 1.165) is 0 Å². The Balaban J connectivity index is 3.16. The highest BCUT2D eigenvalue weighted by Gasteiger charge is 2.09. The number of Topliss-reactive ketones (excluding diaryl/α,β-unsaturated/α-hetero) is 1. The minimum Gasteiger partial charge on any atom is -0.398 e. The highest BCUT2D eigenvalue weighted by molar-refractivity contribution is 6.36. The van der Waals surface area contributed by atoms with Crippen molar-refractivity contribution in [3.05, 3.63) is 28.8 Å². The van der Waals surface area contributed by atoms with Crippen molar-refractivity contribution in [3.63, 3.8) is 0 Å². The highest BCUT2D eigenvalue weighted by Crippen LogP contribution is 2.23. The number of rotatable bonds is 2. The molecule has 0 aliphatic heterocycles. The molecule has 0 atom stereocenters. The summed E-state index contributed by atoms with van der Waals surface area (Å²) >= 11 is 5.82. The maximum atomic E-state index is 11.2. The van der Waals surface area contributed by atoms with Gasteiger partial charge in [-0.15, -0.1) is 0 Å². The molecule has 64 valence electrons. The quantitative estimate of drug-likeness (QED) is 0.566. The zero-order valence-corrected chi connectivity index (χ0v) is 7.56. The number of anilines is 1. The molecule has 3 heteroatoms. The number of benzene rings is 1. The van der Waals surface area contributed by atoms with E-state index in [1.165, 1.54) is 0 Å². The van der Waals surface area contributed by atoms with E-state index < -0.39 is 0 Å². The Kier molecular flexibility index (Phi) is 2.71. The monoisotopic (exact) mass is 183 g/mol. The molecule has 0 radical (unpaired) electrons. The fraction of sp³-hybridized carbons (Fsp3) is 0.222. The third-order valence-electron chi connectivity index (χ3n) is 1.65. The molecule has 2 nitrogen and oxygen atoms in total. The molecule has 2 N–H and O–H groups in total. The number of carbonyl (C=O) groups excluding carboxylic acids is 1. The average Bonchev–Trinajstić information content (AvgIpc) is 2.08. The predicted molar refractivity (Wildman–Crippen MR) is 50.5 cm³/mol. The van der Waals surface area contributed by atoms with Gasteiger partial charge in [0.15, 0.2) is 5.78 Å². The second-order valence-electron chi connectivity index (χ2n) is 2.49. The summed E-state index contributed by atoms with van der Waals surface area (Å²) in [5, 5.41) is 0.365. The van der Waals surface area contributed by atoms with Gasteiger partial charge in [0.1, 0.15) is 0 Å². The first-order chi connectivity index (χ1) is 5.66. The smallest absolute Gasteiger partial charge is 0.164 e. The third kappa shape index (κ3) is 1.59. The van der Waals surface area contributed by atoms with Crippen LogP contribution < -0.4 is 5.73 Å². The molecule has 1 rings (SSSR count). The van der Waals surface area contributed by atoms with Crippen LogP contribution in [0.5, 0.6) is 0 Å². The van der Waals surface area contributed by atoms with Crippen molar-refractivity contribution in [1.82, 2.24) is 0 Å². The Labute approximate surface area is 76.3 Å². The minimum absolute atomic E-state index is 0.0206. The SMILES string of the molecule is CCC(=O)c1cccc(N)c1Cl. The molecular formula is C9H10ClNO. The first-order valence-electron chi connectivity index (χ1n) is 3.74. The van der Waals surface area contributed by atoms with Gasteiger partial charge in [0.25, 0.3) is 0 Å². The van der Waals surface area contributed by atoms with Gasteiger partial charge in [0.2, 0.25) is 0 Å². The summed E-state index contributed by atoms with van der Waals surface area (Å²) in [7, 11) is 0. The van der Waals surface area contributed by atoms with Crippen molar-refractivity contribution in [1.29, 1.82) is 0 Å². The summed E-state index contributed by atoms with van der Waals surface area (Å²) in [6.45, 7) is 1.79. The van der Waals surface area contributed by atoms with Gasteiger partial charge >= 0.3 is 0 Å². The summed E-state index contributed by atoms with van der Waals surface area (Å²) in [5.41, 5.74) is 6.50. The molecule has 0 spiro atoms. The van der Waals surface area contributed by atoms with Crippen molar-refractivity contribution in [3.8, 4) is 0 Å².